The second-order valence-corrected chi connectivity index (χ2v) is 9.00. The van der Waals surface area contributed by atoms with Crippen LogP contribution < -0.4 is 15.8 Å². The highest BCUT2D eigenvalue weighted by atomic mass is 32.1. The number of nitrogens with one attached hydrogen (secondary N) is 2. The first-order valence-corrected chi connectivity index (χ1v) is 12.0. The summed E-state index contributed by atoms with van der Waals surface area (Å²) in [5.41, 5.74) is 8.71. The largest absolute Gasteiger partial charge is 0.461 e. The van der Waals surface area contributed by atoms with Crippen molar-refractivity contribution < 1.29 is 13.9 Å². The van der Waals surface area contributed by atoms with E-state index in [2.05, 4.69) is 22.8 Å². The van der Waals surface area contributed by atoms with Crippen molar-refractivity contribution in [2.75, 3.05) is 36.5 Å². The zero-order valence-electron chi connectivity index (χ0n) is 19.4. The number of carbonyl (C=O) groups is 1. The number of esters is 1. The average molecular weight is 471 g/mol. The van der Waals surface area contributed by atoms with Crippen LogP contribution >= 0.6 is 11.3 Å². The van der Waals surface area contributed by atoms with Crippen LogP contribution in [0.4, 0.5) is 21.5 Å². The Morgan fingerprint density at radius 1 is 1.06 bits per heavy atom. The Bertz CT molecular complexity index is 1040. The van der Waals surface area contributed by atoms with E-state index in [-0.39, 0.29) is 5.97 Å². The van der Waals surface area contributed by atoms with Crippen molar-refractivity contribution in [1.29, 1.82) is 0 Å². The molecule has 0 atom stereocenters. The van der Waals surface area contributed by atoms with Crippen molar-refractivity contribution in [3.8, 4) is 10.6 Å². The van der Waals surface area contributed by atoms with E-state index in [1.54, 1.807) is 12.1 Å². The summed E-state index contributed by atoms with van der Waals surface area (Å²) in [6, 6.07) is 12.6. The molecular weight excluding hydrogens is 439 g/mol. The lowest BCUT2D eigenvalue weighted by atomic mass is 10.2. The van der Waals surface area contributed by atoms with Gasteiger partial charge >= 0.3 is 5.97 Å². The molecular formula is C25H31FN4O2S. The Balaban J connectivity index is 1.54. The van der Waals surface area contributed by atoms with Crippen molar-refractivity contribution in [2.45, 2.75) is 39.0 Å². The molecule has 0 amide bonds. The molecule has 1 aromatic heterocycles. The molecule has 0 aliphatic heterocycles. The molecule has 33 heavy (non-hydrogen) atoms. The van der Waals surface area contributed by atoms with Crippen LogP contribution in [0.15, 0.2) is 48.7 Å². The van der Waals surface area contributed by atoms with Gasteiger partial charge in [-0.15, -0.1) is 11.3 Å². The topological polar surface area (TPSA) is 66.5 Å². The van der Waals surface area contributed by atoms with Gasteiger partial charge in [0.05, 0.1) is 24.2 Å². The van der Waals surface area contributed by atoms with Crippen LogP contribution in [0.25, 0.3) is 10.6 Å². The van der Waals surface area contributed by atoms with Gasteiger partial charge in [0.1, 0.15) is 15.7 Å². The molecule has 6 nitrogen and oxygen atoms in total. The zero-order valence-corrected chi connectivity index (χ0v) is 20.2. The fourth-order valence-electron chi connectivity index (χ4n) is 3.18. The molecule has 0 saturated carbocycles. The number of benzene rings is 2. The third-order valence-electron chi connectivity index (χ3n) is 5.13. The SMILES string of the molecule is CCCCCCCOC(=O)c1cnc(-c2ccc(NNc3ccc(N(C)C)cc3)c(F)c2)s1. The average Bonchev–Trinajstić information content (AvgIpc) is 3.31. The fourth-order valence-corrected chi connectivity index (χ4v) is 3.98. The summed E-state index contributed by atoms with van der Waals surface area (Å²) < 4.78 is 20.0. The Kier molecular flexibility index (Phi) is 9.06. The molecule has 0 bridgehead atoms. The highest BCUT2D eigenvalue weighted by Gasteiger charge is 2.14. The van der Waals surface area contributed by atoms with Gasteiger partial charge in [-0.2, -0.15) is 0 Å². The van der Waals surface area contributed by atoms with Gasteiger partial charge in [0.2, 0.25) is 0 Å². The van der Waals surface area contributed by atoms with Gasteiger partial charge < -0.3 is 15.1 Å². The van der Waals surface area contributed by atoms with Gasteiger partial charge in [-0.1, -0.05) is 32.6 Å². The first kappa shape index (κ1) is 24.5. The number of rotatable bonds is 12. The van der Waals surface area contributed by atoms with Crippen LogP contribution in [0.1, 0.15) is 48.7 Å². The van der Waals surface area contributed by atoms with Crippen LogP contribution in [0.5, 0.6) is 0 Å². The summed E-state index contributed by atoms with van der Waals surface area (Å²) in [7, 11) is 3.95. The monoisotopic (exact) mass is 470 g/mol. The molecule has 176 valence electrons. The number of ether oxygens (including phenoxy) is 1. The molecule has 3 aromatic rings. The molecule has 0 fully saturated rings. The number of unbranched alkanes of at least 4 members (excludes halogenated alkanes) is 4. The lowest BCUT2D eigenvalue weighted by molar-refractivity contribution is 0.0503. The van der Waals surface area contributed by atoms with Gasteiger partial charge in [-0.25, -0.2) is 14.2 Å². The Hall–Kier alpha value is -3.13. The molecule has 2 aromatic carbocycles. The van der Waals surface area contributed by atoms with Crippen molar-refractivity contribution in [2.24, 2.45) is 0 Å². The lowest BCUT2D eigenvalue weighted by Gasteiger charge is -2.14. The Morgan fingerprint density at radius 3 is 2.52 bits per heavy atom. The van der Waals surface area contributed by atoms with Gasteiger partial charge in [0, 0.05) is 25.3 Å². The smallest absolute Gasteiger partial charge is 0.349 e. The standard InChI is InChI=1S/C25H31FN4O2S/c1-4-5-6-7-8-15-32-25(31)23-17-27-24(33-23)18-9-14-22(21(26)16-18)29-28-19-10-12-20(13-11-19)30(2)3/h9-14,16-17,28-29H,4-8,15H2,1-3H3. The molecule has 1 heterocycles. The minimum absolute atomic E-state index is 0.315. The third-order valence-corrected chi connectivity index (χ3v) is 6.16. The maximum absolute atomic E-state index is 14.6. The van der Waals surface area contributed by atoms with Crippen LogP contribution in [0, 0.1) is 5.82 Å². The van der Waals surface area contributed by atoms with Crippen molar-refractivity contribution in [3.63, 3.8) is 0 Å². The second-order valence-electron chi connectivity index (χ2n) is 7.97. The van der Waals surface area contributed by atoms with Crippen molar-refractivity contribution in [3.05, 3.63) is 59.4 Å². The number of halogens is 1. The van der Waals surface area contributed by atoms with Gasteiger partial charge in [0.15, 0.2) is 0 Å². The molecule has 0 unspecified atom stereocenters. The van der Waals surface area contributed by atoms with E-state index < -0.39 is 5.82 Å². The summed E-state index contributed by atoms with van der Waals surface area (Å²) in [6.45, 7) is 2.58. The number of hydrogen-bond acceptors (Lipinski definition) is 7. The van der Waals surface area contributed by atoms with Crippen LogP contribution in [-0.2, 0) is 4.74 Å². The quantitative estimate of drug-likeness (QED) is 0.177. The Morgan fingerprint density at radius 2 is 1.82 bits per heavy atom. The normalized spacial score (nSPS) is 10.7. The highest BCUT2D eigenvalue weighted by Crippen LogP contribution is 2.29. The number of hydrazine groups is 1. The predicted molar refractivity (Wildman–Crippen MR) is 135 cm³/mol. The first-order chi connectivity index (χ1) is 16.0. The van der Waals surface area contributed by atoms with E-state index in [0.29, 0.717) is 27.7 Å². The molecule has 2 N–H and O–H groups in total. The minimum atomic E-state index is -0.420. The summed E-state index contributed by atoms with van der Waals surface area (Å²) in [4.78, 5) is 18.9. The second kappa shape index (κ2) is 12.2. The predicted octanol–water partition coefficient (Wildman–Crippen LogP) is 6.58. The number of aromatic nitrogens is 1. The molecule has 0 spiro atoms. The van der Waals surface area contributed by atoms with E-state index in [9.17, 15) is 9.18 Å². The van der Waals surface area contributed by atoms with E-state index >= 15 is 0 Å². The molecule has 8 heteroatoms. The van der Waals surface area contributed by atoms with E-state index in [1.165, 1.54) is 36.4 Å². The first-order valence-electron chi connectivity index (χ1n) is 11.2. The van der Waals surface area contributed by atoms with E-state index in [0.717, 1.165) is 30.6 Å². The Labute approximate surface area is 198 Å². The van der Waals surface area contributed by atoms with Crippen LogP contribution in [0.2, 0.25) is 0 Å². The van der Waals surface area contributed by atoms with E-state index in [4.69, 9.17) is 4.74 Å². The summed E-state index contributed by atoms with van der Waals surface area (Å²) in [5.74, 6) is -0.797. The van der Waals surface area contributed by atoms with Crippen LogP contribution in [0.3, 0.4) is 0 Å². The van der Waals surface area contributed by atoms with Gasteiger partial charge in [-0.3, -0.25) is 5.43 Å². The van der Waals surface area contributed by atoms with Crippen molar-refractivity contribution in [1.82, 2.24) is 4.98 Å². The summed E-state index contributed by atoms with van der Waals surface area (Å²) in [5, 5.41) is 0.572. The van der Waals surface area contributed by atoms with Crippen molar-refractivity contribution >= 4 is 34.4 Å². The lowest BCUT2D eigenvalue weighted by Crippen LogP contribution is -2.11. The number of nitrogens with zero attached hydrogens (tertiary/aromatic N) is 2. The van der Waals surface area contributed by atoms with Gasteiger partial charge in [0.25, 0.3) is 0 Å². The number of anilines is 3. The number of thiazole rings is 1. The maximum Gasteiger partial charge on any atom is 0.349 e. The highest BCUT2D eigenvalue weighted by molar-refractivity contribution is 7.16. The van der Waals surface area contributed by atoms with E-state index in [1.807, 2.05) is 43.3 Å². The number of carbonyl (C=O) groups excluding carboxylic acids is 1. The molecule has 0 aliphatic carbocycles. The van der Waals surface area contributed by atoms with Crippen LogP contribution in [-0.4, -0.2) is 31.7 Å². The molecule has 0 saturated heterocycles. The third kappa shape index (κ3) is 7.18. The number of hydrogen-bond donors (Lipinski definition) is 2. The summed E-state index contributed by atoms with van der Waals surface area (Å²) >= 11 is 1.20. The molecule has 3 rings (SSSR count). The molecule has 0 aliphatic rings. The van der Waals surface area contributed by atoms with Gasteiger partial charge in [-0.05, 0) is 48.9 Å². The summed E-state index contributed by atoms with van der Waals surface area (Å²) in [6.07, 6.45) is 6.96. The minimum Gasteiger partial charge on any atom is -0.461 e. The maximum atomic E-state index is 14.6. The molecule has 0 radical (unpaired) electrons. The fraction of sp³-hybridized carbons (Fsp3) is 0.360. The zero-order chi connectivity index (χ0) is 23.6.